The number of Topliss-reactive ketones (excluding diaryl/α,β-unsaturated/α-hetero) is 1. The Hall–Kier alpha value is -0.450. The maximum absolute atomic E-state index is 11.4. The third kappa shape index (κ3) is 1.90. The zero-order valence-corrected chi connectivity index (χ0v) is 8.72. The van der Waals surface area contributed by atoms with Crippen molar-refractivity contribution in [3.05, 3.63) is 0 Å². The molecule has 13 heavy (non-hydrogen) atoms. The van der Waals surface area contributed by atoms with Gasteiger partial charge in [0.05, 0.1) is 0 Å². The van der Waals surface area contributed by atoms with Crippen LogP contribution in [-0.4, -0.2) is 27.1 Å². The molecule has 1 aliphatic heterocycles. The Kier molecular flexibility index (Phi) is 2.49. The maximum Gasteiger partial charge on any atom is 0.136 e. The molecule has 0 aromatic rings. The van der Waals surface area contributed by atoms with Gasteiger partial charge in [0.15, 0.2) is 0 Å². The monoisotopic (exact) mass is 186 g/mol. The number of hydrogen-bond acceptors (Lipinski definition) is 4. The summed E-state index contributed by atoms with van der Waals surface area (Å²) in [7, 11) is 0. The summed E-state index contributed by atoms with van der Waals surface area (Å²) in [5.74, 6) is 0.251. The topological polar surface area (TPSA) is 52.6 Å². The predicted octanol–water partition coefficient (Wildman–Crippen LogP) is 1.10. The van der Waals surface area contributed by atoms with Gasteiger partial charge in [-0.2, -0.15) is 0 Å². The van der Waals surface area contributed by atoms with Crippen molar-refractivity contribution in [2.24, 2.45) is 0 Å². The lowest BCUT2D eigenvalue weighted by atomic mass is 9.81. The zero-order chi connectivity index (χ0) is 10.3. The number of hydrogen-bond donors (Lipinski definition) is 2. The molecule has 1 aliphatic rings. The van der Waals surface area contributed by atoms with Gasteiger partial charge in [0, 0.05) is 23.9 Å². The fourth-order valence-corrected chi connectivity index (χ4v) is 2.28. The lowest BCUT2D eigenvalue weighted by Crippen LogP contribution is -2.65. The number of ketones is 1. The molecule has 4 heteroatoms. The van der Waals surface area contributed by atoms with E-state index >= 15 is 0 Å². The van der Waals surface area contributed by atoms with Crippen LogP contribution in [0.1, 0.15) is 40.5 Å². The summed E-state index contributed by atoms with van der Waals surface area (Å²) < 4.78 is 0. The molecule has 2 N–H and O–H groups in total. The molecule has 1 fully saturated rings. The van der Waals surface area contributed by atoms with Crippen molar-refractivity contribution in [3.63, 3.8) is 0 Å². The molecule has 0 radical (unpaired) electrons. The molecule has 1 saturated heterocycles. The van der Waals surface area contributed by atoms with E-state index < -0.39 is 0 Å². The van der Waals surface area contributed by atoms with Crippen molar-refractivity contribution in [3.8, 4) is 0 Å². The molecule has 0 amide bonds. The van der Waals surface area contributed by atoms with Crippen molar-refractivity contribution < 1.29 is 10.0 Å². The molecule has 0 spiro atoms. The minimum Gasteiger partial charge on any atom is -0.302 e. The molecule has 0 saturated carbocycles. The van der Waals surface area contributed by atoms with Crippen LogP contribution in [0.4, 0.5) is 0 Å². The van der Waals surface area contributed by atoms with Gasteiger partial charge in [0.1, 0.15) is 5.78 Å². The third-order valence-corrected chi connectivity index (χ3v) is 2.57. The van der Waals surface area contributed by atoms with E-state index in [1.807, 2.05) is 27.7 Å². The van der Waals surface area contributed by atoms with Gasteiger partial charge in [-0.1, -0.05) is 0 Å². The third-order valence-electron chi connectivity index (χ3n) is 2.57. The summed E-state index contributed by atoms with van der Waals surface area (Å²) in [6, 6.07) is 0. The highest BCUT2D eigenvalue weighted by atomic mass is 16.5. The van der Waals surface area contributed by atoms with E-state index in [1.54, 1.807) is 5.01 Å². The summed E-state index contributed by atoms with van der Waals surface area (Å²) in [4.78, 5) is 11.4. The van der Waals surface area contributed by atoms with Crippen molar-refractivity contribution in [2.45, 2.75) is 51.6 Å². The van der Waals surface area contributed by atoms with Crippen LogP contribution >= 0.6 is 0 Å². The highest BCUT2D eigenvalue weighted by Gasteiger charge is 2.44. The molecule has 0 bridgehead atoms. The molecule has 0 aromatic carbocycles. The maximum atomic E-state index is 11.4. The van der Waals surface area contributed by atoms with Gasteiger partial charge in [0.2, 0.25) is 0 Å². The predicted molar refractivity (Wildman–Crippen MR) is 49.2 cm³/mol. The number of nitrogens with zero attached hydrogens (tertiary/aromatic N) is 1. The van der Waals surface area contributed by atoms with Crippen LogP contribution in [0.15, 0.2) is 0 Å². The minimum absolute atomic E-state index is 0.251. The number of rotatable bonds is 1. The Balaban J connectivity index is 2.94. The van der Waals surface area contributed by atoms with E-state index in [0.717, 1.165) is 0 Å². The summed E-state index contributed by atoms with van der Waals surface area (Å²) in [5, 5.41) is 10.8. The van der Waals surface area contributed by atoms with Gasteiger partial charge < -0.3 is 5.21 Å². The van der Waals surface area contributed by atoms with Gasteiger partial charge in [-0.15, -0.1) is 5.59 Å². The first kappa shape index (κ1) is 10.6. The number of piperidine rings is 1. The second-order valence-electron chi connectivity index (χ2n) is 4.95. The lowest BCUT2D eigenvalue weighted by Gasteiger charge is -2.50. The lowest BCUT2D eigenvalue weighted by molar-refractivity contribution is -0.168. The highest BCUT2D eigenvalue weighted by molar-refractivity contribution is 5.81. The fraction of sp³-hybridized carbons (Fsp3) is 0.889. The second kappa shape index (κ2) is 3.04. The van der Waals surface area contributed by atoms with Gasteiger partial charge in [-0.05, 0) is 27.7 Å². The first-order valence-corrected chi connectivity index (χ1v) is 4.51. The summed E-state index contributed by atoms with van der Waals surface area (Å²) >= 11 is 0. The van der Waals surface area contributed by atoms with Crippen LogP contribution in [-0.2, 0) is 4.79 Å². The first-order valence-electron chi connectivity index (χ1n) is 4.51. The van der Waals surface area contributed by atoms with Gasteiger partial charge in [-0.3, -0.25) is 4.79 Å². The Morgan fingerprint density at radius 3 is 1.92 bits per heavy atom. The molecule has 0 aliphatic carbocycles. The van der Waals surface area contributed by atoms with E-state index in [1.165, 1.54) is 0 Å². The zero-order valence-electron chi connectivity index (χ0n) is 8.72. The van der Waals surface area contributed by atoms with E-state index in [9.17, 15) is 4.79 Å². The highest BCUT2D eigenvalue weighted by Crippen LogP contribution is 2.34. The summed E-state index contributed by atoms with van der Waals surface area (Å²) in [5.41, 5.74) is 1.53. The average molecular weight is 186 g/mol. The van der Waals surface area contributed by atoms with Crippen LogP contribution in [0, 0.1) is 0 Å². The Bertz CT molecular complexity index is 204. The van der Waals surface area contributed by atoms with E-state index in [0.29, 0.717) is 12.8 Å². The average Bonchev–Trinajstić information content (AvgIpc) is 1.79. The number of nitrogens with one attached hydrogen (secondary N) is 1. The van der Waals surface area contributed by atoms with Gasteiger partial charge >= 0.3 is 0 Å². The normalized spacial score (nSPS) is 27.6. The summed E-state index contributed by atoms with van der Waals surface area (Å²) in [6.07, 6.45) is 0.952. The SMILES string of the molecule is CC1(C)CC(=O)CC(C)(C)N1NO. The van der Waals surface area contributed by atoms with Crippen LogP contribution in [0.2, 0.25) is 0 Å². The van der Waals surface area contributed by atoms with Crippen LogP contribution in [0.5, 0.6) is 0 Å². The Morgan fingerprint density at radius 2 is 1.62 bits per heavy atom. The molecule has 0 unspecified atom stereocenters. The molecule has 76 valence electrons. The standard InChI is InChI=1S/C9H18N2O2/c1-8(2)5-7(12)6-9(3,4)11(8)10-13/h10,13H,5-6H2,1-4H3. The van der Waals surface area contributed by atoms with Crippen LogP contribution in [0.25, 0.3) is 0 Å². The second-order valence-corrected chi connectivity index (χ2v) is 4.95. The number of carbonyl (C=O) groups is 1. The van der Waals surface area contributed by atoms with Crippen molar-refractivity contribution in [2.75, 3.05) is 0 Å². The largest absolute Gasteiger partial charge is 0.302 e. The van der Waals surface area contributed by atoms with Crippen molar-refractivity contribution in [1.29, 1.82) is 0 Å². The molecular weight excluding hydrogens is 168 g/mol. The van der Waals surface area contributed by atoms with Crippen LogP contribution in [0.3, 0.4) is 0 Å². The quantitative estimate of drug-likeness (QED) is 0.602. The van der Waals surface area contributed by atoms with E-state index in [4.69, 9.17) is 5.21 Å². The molecule has 0 aromatic heterocycles. The van der Waals surface area contributed by atoms with Crippen molar-refractivity contribution in [1.82, 2.24) is 10.6 Å². The molecule has 1 heterocycles. The molecule has 4 nitrogen and oxygen atoms in total. The van der Waals surface area contributed by atoms with Gasteiger partial charge in [-0.25, -0.2) is 5.01 Å². The van der Waals surface area contributed by atoms with Crippen molar-refractivity contribution >= 4 is 5.78 Å². The van der Waals surface area contributed by atoms with E-state index in [2.05, 4.69) is 5.59 Å². The fourth-order valence-electron chi connectivity index (χ4n) is 2.28. The Labute approximate surface area is 78.8 Å². The summed E-state index contributed by atoms with van der Waals surface area (Å²) in [6.45, 7) is 7.76. The smallest absolute Gasteiger partial charge is 0.136 e. The number of hydrazine groups is 1. The van der Waals surface area contributed by atoms with Crippen LogP contribution < -0.4 is 5.59 Å². The van der Waals surface area contributed by atoms with Gasteiger partial charge in [0.25, 0.3) is 0 Å². The minimum atomic E-state index is -0.326. The Morgan fingerprint density at radius 1 is 1.23 bits per heavy atom. The number of carbonyl (C=O) groups excluding carboxylic acids is 1. The molecule has 1 rings (SSSR count). The molecular formula is C9H18N2O2. The molecule has 0 atom stereocenters. The van der Waals surface area contributed by atoms with E-state index in [-0.39, 0.29) is 16.9 Å². The first-order chi connectivity index (χ1) is 5.79.